The number of carbonyl (C=O) groups is 1. The molecule has 0 spiro atoms. The van der Waals surface area contributed by atoms with Crippen LogP contribution in [0.3, 0.4) is 0 Å². The monoisotopic (exact) mass is 257 g/mol. The average Bonchev–Trinajstić information content (AvgIpc) is 2.13. The number of nitrogens with two attached hydrogens (primary N) is 1. The van der Waals surface area contributed by atoms with Crippen LogP contribution in [-0.2, 0) is 9.53 Å². The maximum Gasteiger partial charge on any atom is 0.308 e. The van der Waals surface area contributed by atoms with Crippen molar-refractivity contribution in [3.63, 3.8) is 0 Å². The van der Waals surface area contributed by atoms with Gasteiger partial charge in [0.05, 0.1) is 6.42 Å². The van der Waals surface area contributed by atoms with Crippen LogP contribution in [0, 0.1) is 11.6 Å². The van der Waals surface area contributed by atoms with Crippen molar-refractivity contribution in [3.8, 4) is 0 Å². The second-order valence-electron chi connectivity index (χ2n) is 5.03. The lowest BCUT2D eigenvalue weighted by atomic mass is 10.0. The van der Waals surface area contributed by atoms with E-state index in [0.29, 0.717) is 0 Å². The van der Waals surface area contributed by atoms with Gasteiger partial charge in [-0.1, -0.05) is 6.07 Å². The minimum absolute atomic E-state index is 0.269. The second kappa shape index (κ2) is 5.44. The molecule has 0 aliphatic rings. The molecule has 0 heterocycles. The van der Waals surface area contributed by atoms with Gasteiger partial charge in [0.2, 0.25) is 0 Å². The van der Waals surface area contributed by atoms with Crippen LogP contribution in [-0.4, -0.2) is 11.6 Å². The quantitative estimate of drug-likeness (QED) is 0.847. The molecule has 100 valence electrons. The predicted octanol–water partition coefficient (Wildman–Crippen LogP) is 2.70. The Bertz CT molecular complexity index is 421. The summed E-state index contributed by atoms with van der Waals surface area (Å²) in [4.78, 5) is 11.5. The van der Waals surface area contributed by atoms with Crippen molar-refractivity contribution in [1.82, 2.24) is 0 Å². The Morgan fingerprint density at radius 1 is 1.33 bits per heavy atom. The fraction of sp³-hybridized carbons (Fsp3) is 0.462. The molecule has 1 aromatic carbocycles. The lowest BCUT2D eigenvalue weighted by Crippen LogP contribution is -2.27. The highest BCUT2D eigenvalue weighted by Gasteiger charge is 2.23. The molecular weight excluding hydrogens is 240 g/mol. The molecule has 3 nitrogen and oxygen atoms in total. The molecule has 0 amide bonds. The fourth-order valence-corrected chi connectivity index (χ4v) is 1.53. The van der Waals surface area contributed by atoms with Gasteiger partial charge in [-0.3, -0.25) is 4.79 Å². The molecule has 0 aromatic heterocycles. The van der Waals surface area contributed by atoms with Crippen LogP contribution in [0.4, 0.5) is 8.78 Å². The van der Waals surface area contributed by atoms with E-state index in [1.165, 1.54) is 6.07 Å². The van der Waals surface area contributed by atoms with Crippen LogP contribution in [0.5, 0.6) is 0 Å². The largest absolute Gasteiger partial charge is 0.460 e. The molecule has 0 unspecified atom stereocenters. The van der Waals surface area contributed by atoms with E-state index in [1.54, 1.807) is 20.8 Å². The average molecular weight is 257 g/mol. The van der Waals surface area contributed by atoms with Gasteiger partial charge in [0.15, 0.2) is 0 Å². The SMILES string of the molecule is CC(C)(C)OC(=O)C[C@@H](N)c1c(F)cccc1F. The molecule has 5 heteroatoms. The standard InChI is InChI=1S/C13H17F2NO2/c1-13(2,3)18-11(17)7-10(16)12-8(14)5-4-6-9(12)15/h4-6,10H,7,16H2,1-3H3/t10-/m1/s1. The Balaban J connectivity index is 2.77. The summed E-state index contributed by atoms with van der Waals surface area (Å²) in [5, 5.41) is 0. The molecule has 0 saturated heterocycles. The summed E-state index contributed by atoms with van der Waals surface area (Å²) in [7, 11) is 0. The van der Waals surface area contributed by atoms with Crippen molar-refractivity contribution in [2.45, 2.75) is 38.8 Å². The maximum atomic E-state index is 13.4. The molecule has 0 bridgehead atoms. The number of hydrogen-bond acceptors (Lipinski definition) is 3. The number of ether oxygens (including phenoxy) is 1. The van der Waals surface area contributed by atoms with Crippen LogP contribution in [0.15, 0.2) is 18.2 Å². The smallest absolute Gasteiger partial charge is 0.308 e. The van der Waals surface area contributed by atoms with Crippen molar-refractivity contribution in [1.29, 1.82) is 0 Å². The van der Waals surface area contributed by atoms with Crippen molar-refractivity contribution in [2.75, 3.05) is 0 Å². The summed E-state index contributed by atoms with van der Waals surface area (Å²) in [6, 6.07) is 2.40. The van der Waals surface area contributed by atoms with Crippen LogP contribution in [0.1, 0.15) is 38.8 Å². The lowest BCUT2D eigenvalue weighted by Gasteiger charge is -2.21. The maximum absolute atomic E-state index is 13.4. The third-order valence-corrected chi connectivity index (χ3v) is 2.18. The summed E-state index contributed by atoms with van der Waals surface area (Å²) in [6.07, 6.45) is -0.269. The van der Waals surface area contributed by atoms with Crippen molar-refractivity contribution in [2.24, 2.45) is 5.73 Å². The number of benzene rings is 1. The molecule has 18 heavy (non-hydrogen) atoms. The van der Waals surface area contributed by atoms with E-state index >= 15 is 0 Å². The summed E-state index contributed by atoms with van der Waals surface area (Å²) < 4.78 is 31.9. The van der Waals surface area contributed by atoms with E-state index in [9.17, 15) is 13.6 Å². The van der Waals surface area contributed by atoms with Gasteiger partial charge in [-0.05, 0) is 32.9 Å². The summed E-state index contributed by atoms with van der Waals surface area (Å²) in [5.74, 6) is -2.10. The molecule has 1 rings (SSSR count). The van der Waals surface area contributed by atoms with Crippen molar-refractivity contribution < 1.29 is 18.3 Å². The Kier molecular flexibility index (Phi) is 4.40. The number of halogens is 2. The zero-order chi connectivity index (χ0) is 13.9. The van der Waals surface area contributed by atoms with Gasteiger partial charge in [0.1, 0.15) is 17.2 Å². The van der Waals surface area contributed by atoms with Gasteiger partial charge in [-0.15, -0.1) is 0 Å². The van der Waals surface area contributed by atoms with Gasteiger partial charge in [0, 0.05) is 11.6 Å². The highest BCUT2D eigenvalue weighted by molar-refractivity contribution is 5.71. The molecule has 1 atom stereocenters. The topological polar surface area (TPSA) is 52.3 Å². The highest BCUT2D eigenvalue weighted by atomic mass is 19.1. The molecule has 0 saturated carbocycles. The van der Waals surface area contributed by atoms with Crippen molar-refractivity contribution >= 4 is 5.97 Å². The fourth-order valence-electron chi connectivity index (χ4n) is 1.53. The Labute approximate surface area is 105 Å². The first-order chi connectivity index (χ1) is 8.20. The van der Waals surface area contributed by atoms with E-state index in [-0.39, 0.29) is 12.0 Å². The number of hydrogen-bond donors (Lipinski definition) is 1. The Morgan fingerprint density at radius 3 is 2.28 bits per heavy atom. The predicted molar refractivity (Wildman–Crippen MR) is 63.7 cm³/mol. The summed E-state index contributed by atoms with van der Waals surface area (Å²) in [6.45, 7) is 5.13. The number of esters is 1. The van der Waals surface area contributed by atoms with Crippen molar-refractivity contribution in [3.05, 3.63) is 35.4 Å². The zero-order valence-electron chi connectivity index (χ0n) is 10.7. The van der Waals surface area contributed by atoms with Crippen LogP contribution >= 0.6 is 0 Å². The van der Waals surface area contributed by atoms with Gasteiger partial charge < -0.3 is 10.5 Å². The van der Waals surface area contributed by atoms with E-state index in [1.807, 2.05) is 0 Å². The van der Waals surface area contributed by atoms with Gasteiger partial charge in [0.25, 0.3) is 0 Å². The third-order valence-electron chi connectivity index (χ3n) is 2.18. The Hall–Kier alpha value is -1.49. The van der Waals surface area contributed by atoms with Crippen LogP contribution in [0.2, 0.25) is 0 Å². The van der Waals surface area contributed by atoms with E-state index in [4.69, 9.17) is 10.5 Å². The van der Waals surface area contributed by atoms with E-state index in [2.05, 4.69) is 0 Å². The molecule has 0 aliphatic carbocycles. The molecule has 0 radical (unpaired) electrons. The van der Waals surface area contributed by atoms with Crippen LogP contribution < -0.4 is 5.73 Å². The molecular formula is C13H17F2NO2. The molecule has 2 N–H and O–H groups in total. The third kappa shape index (κ3) is 4.07. The van der Waals surface area contributed by atoms with E-state index < -0.39 is 29.2 Å². The first-order valence-electron chi connectivity index (χ1n) is 5.62. The number of carbonyl (C=O) groups excluding carboxylic acids is 1. The van der Waals surface area contributed by atoms with Gasteiger partial charge in [-0.25, -0.2) is 8.78 Å². The second-order valence-corrected chi connectivity index (χ2v) is 5.03. The molecule has 0 aliphatic heterocycles. The Morgan fingerprint density at radius 2 is 1.83 bits per heavy atom. The van der Waals surface area contributed by atoms with Gasteiger partial charge >= 0.3 is 5.97 Å². The molecule has 1 aromatic rings. The first-order valence-corrected chi connectivity index (χ1v) is 5.62. The first kappa shape index (κ1) is 14.6. The van der Waals surface area contributed by atoms with Gasteiger partial charge in [-0.2, -0.15) is 0 Å². The zero-order valence-corrected chi connectivity index (χ0v) is 10.7. The summed E-state index contributed by atoms with van der Waals surface area (Å²) >= 11 is 0. The van der Waals surface area contributed by atoms with E-state index in [0.717, 1.165) is 12.1 Å². The number of rotatable bonds is 3. The molecule has 0 fully saturated rings. The lowest BCUT2D eigenvalue weighted by molar-refractivity contribution is -0.155. The highest BCUT2D eigenvalue weighted by Crippen LogP contribution is 2.22. The van der Waals surface area contributed by atoms with Crippen LogP contribution in [0.25, 0.3) is 0 Å². The minimum Gasteiger partial charge on any atom is -0.460 e. The minimum atomic E-state index is -1.05. The normalized spacial score (nSPS) is 13.2. The summed E-state index contributed by atoms with van der Waals surface area (Å²) in [5.41, 5.74) is 4.70.